The highest BCUT2D eigenvalue weighted by Gasteiger charge is 2.21. The molecule has 25 heavy (non-hydrogen) atoms. The molecule has 0 saturated carbocycles. The van der Waals surface area contributed by atoms with E-state index >= 15 is 0 Å². The molecule has 0 spiro atoms. The van der Waals surface area contributed by atoms with E-state index in [9.17, 15) is 13.2 Å². The molecule has 2 aromatic carbocycles. The second-order valence-electron chi connectivity index (χ2n) is 5.76. The Morgan fingerprint density at radius 1 is 1.16 bits per heavy atom. The van der Waals surface area contributed by atoms with Crippen LogP contribution in [0.25, 0.3) is 11.1 Å². The van der Waals surface area contributed by atoms with Gasteiger partial charge in [-0.1, -0.05) is 17.7 Å². The van der Waals surface area contributed by atoms with Crippen LogP contribution >= 0.6 is 11.6 Å². The van der Waals surface area contributed by atoms with Gasteiger partial charge in [0.25, 0.3) is 10.0 Å². The van der Waals surface area contributed by atoms with Crippen LogP contribution in [0.5, 0.6) is 0 Å². The fourth-order valence-electron chi connectivity index (χ4n) is 2.69. The van der Waals surface area contributed by atoms with Crippen molar-refractivity contribution in [2.75, 3.05) is 4.72 Å². The third-order valence-electron chi connectivity index (χ3n) is 4.01. The number of benzene rings is 2. The molecule has 0 aliphatic heterocycles. The zero-order chi connectivity index (χ0) is 18.4. The van der Waals surface area contributed by atoms with Crippen molar-refractivity contribution >= 4 is 38.4 Å². The maximum Gasteiger partial charge on any atom is 0.419 e. The number of hydrogen-bond acceptors (Lipinski definition) is 4. The van der Waals surface area contributed by atoms with Gasteiger partial charge in [0.1, 0.15) is 0 Å². The molecule has 0 unspecified atom stereocenters. The van der Waals surface area contributed by atoms with E-state index in [1.807, 2.05) is 6.92 Å². The van der Waals surface area contributed by atoms with Gasteiger partial charge in [0, 0.05) is 17.6 Å². The van der Waals surface area contributed by atoms with Crippen LogP contribution in [0.1, 0.15) is 18.1 Å². The Morgan fingerprint density at radius 2 is 1.88 bits per heavy atom. The number of fused-ring (bicyclic) bond motifs is 1. The molecule has 0 saturated heterocycles. The predicted octanol–water partition coefficient (Wildman–Crippen LogP) is 3.69. The molecule has 0 fully saturated rings. The summed E-state index contributed by atoms with van der Waals surface area (Å²) in [6.07, 6.45) is 0. The summed E-state index contributed by atoms with van der Waals surface area (Å²) >= 11 is 5.95. The third-order valence-corrected chi connectivity index (χ3v) is 5.76. The first kappa shape index (κ1) is 17.6. The second-order valence-corrected chi connectivity index (χ2v) is 7.85. The monoisotopic (exact) mass is 380 g/mol. The molecule has 3 rings (SSSR count). The van der Waals surface area contributed by atoms with Crippen LogP contribution in [-0.2, 0) is 16.6 Å². The highest BCUT2D eigenvalue weighted by Crippen LogP contribution is 2.27. The maximum absolute atomic E-state index is 12.8. The van der Waals surface area contributed by atoms with E-state index < -0.39 is 15.8 Å². The number of nitrogens with zero attached hydrogens (tertiary/aromatic N) is 1. The van der Waals surface area contributed by atoms with Gasteiger partial charge in [-0.05, 0) is 50.1 Å². The van der Waals surface area contributed by atoms with E-state index in [0.717, 1.165) is 5.56 Å². The average molecular weight is 381 g/mol. The van der Waals surface area contributed by atoms with Crippen molar-refractivity contribution in [3.8, 4) is 0 Å². The van der Waals surface area contributed by atoms with Gasteiger partial charge in [0.15, 0.2) is 5.58 Å². The van der Waals surface area contributed by atoms with E-state index in [1.54, 1.807) is 38.1 Å². The first-order valence-corrected chi connectivity index (χ1v) is 9.52. The number of nitrogens with one attached hydrogen (secondary N) is 1. The largest absolute Gasteiger partial charge is 0.419 e. The van der Waals surface area contributed by atoms with Gasteiger partial charge in [0.2, 0.25) is 0 Å². The number of hydrogen-bond donors (Lipinski definition) is 1. The van der Waals surface area contributed by atoms with Gasteiger partial charge in [-0.15, -0.1) is 0 Å². The minimum Gasteiger partial charge on any atom is -0.408 e. The summed E-state index contributed by atoms with van der Waals surface area (Å²) in [6, 6.07) is 7.99. The zero-order valence-electron chi connectivity index (χ0n) is 14.0. The molecule has 0 atom stereocenters. The highest BCUT2D eigenvalue weighted by molar-refractivity contribution is 7.92. The number of aromatic nitrogens is 1. The third kappa shape index (κ3) is 3.17. The molecule has 8 heteroatoms. The number of anilines is 1. The Kier molecular flexibility index (Phi) is 4.38. The van der Waals surface area contributed by atoms with Gasteiger partial charge >= 0.3 is 5.76 Å². The lowest BCUT2D eigenvalue weighted by Gasteiger charge is -2.13. The van der Waals surface area contributed by atoms with Crippen LogP contribution in [-0.4, -0.2) is 13.0 Å². The van der Waals surface area contributed by atoms with Crippen molar-refractivity contribution in [3.05, 3.63) is 57.0 Å². The molecule has 6 nitrogen and oxygen atoms in total. The highest BCUT2D eigenvalue weighted by atomic mass is 35.5. The first-order chi connectivity index (χ1) is 11.7. The van der Waals surface area contributed by atoms with Crippen LogP contribution in [0.2, 0.25) is 5.02 Å². The van der Waals surface area contributed by atoms with Crippen molar-refractivity contribution in [1.29, 1.82) is 0 Å². The number of aryl methyl sites for hydroxylation is 3. The summed E-state index contributed by atoms with van der Waals surface area (Å²) in [7, 11) is -3.86. The van der Waals surface area contributed by atoms with Crippen molar-refractivity contribution in [2.45, 2.75) is 32.2 Å². The molecule has 1 N–H and O–H groups in total. The van der Waals surface area contributed by atoms with Crippen LogP contribution in [0.15, 0.2) is 44.4 Å². The summed E-state index contributed by atoms with van der Waals surface area (Å²) in [5, 5.41) is 0.432. The molecule has 0 aliphatic carbocycles. The molecule has 132 valence electrons. The Hall–Kier alpha value is -2.25. The lowest BCUT2D eigenvalue weighted by molar-refractivity contribution is 0.512. The van der Waals surface area contributed by atoms with E-state index in [-0.39, 0.29) is 10.5 Å². The quantitative estimate of drug-likeness (QED) is 0.748. The summed E-state index contributed by atoms with van der Waals surface area (Å²) < 4.78 is 34.8. The van der Waals surface area contributed by atoms with E-state index in [1.165, 1.54) is 10.6 Å². The van der Waals surface area contributed by atoms with Crippen molar-refractivity contribution in [3.63, 3.8) is 0 Å². The number of oxazole rings is 1. The van der Waals surface area contributed by atoms with Crippen LogP contribution in [0.3, 0.4) is 0 Å². The van der Waals surface area contributed by atoms with Crippen LogP contribution in [0.4, 0.5) is 5.69 Å². The normalized spacial score (nSPS) is 11.8. The minimum atomic E-state index is -3.86. The van der Waals surface area contributed by atoms with Crippen LogP contribution < -0.4 is 10.5 Å². The van der Waals surface area contributed by atoms with Crippen molar-refractivity contribution in [2.24, 2.45) is 0 Å². The molecular weight excluding hydrogens is 364 g/mol. The van der Waals surface area contributed by atoms with Crippen LogP contribution in [0, 0.1) is 13.8 Å². The van der Waals surface area contributed by atoms with Crippen molar-refractivity contribution < 1.29 is 12.8 Å². The fourth-order valence-corrected chi connectivity index (χ4v) is 4.22. The molecule has 0 bridgehead atoms. The number of halogens is 1. The Balaban J connectivity index is 2.12. The van der Waals surface area contributed by atoms with Gasteiger partial charge in [0.05, 0.1) is 16.1 Å². The molecule has 3 aromatic rings. The first-order valence-electron chi connectivity index (χ1n) is 7.66. The van der Waals surface area contributed by atoms with Gasteiger partial charge in [-0.2, -0.15) is 0 Å². The van der Waals surface area contributed by atoms with E-state index in [2.05, 4.69) is 4.72 Å². The predicted molar refractivity (Wildman–Crippen MR) is 97.9 cm³/mol. The average Bonchev–Trinajstić information content (AvgIpc) is 2.84. The number of sulfonamides is 1. The zero-order valence-corrected chi connectivity index (χ0v) is 15.5. The lowest BCUT2D eigenvalue weighted by atomic mass is 10.2. The van der Waals surface area contributed by atoms with Gasteiger partial charge in [-0.3, -0.25) is 9.29 Å². The van der Waals surface area contributed by atoms with Gasteiger partial charge in [-0.25, -0.2) is 13.2 Å². The van der Waals surface area contributed by atoms with E-state index in [0.29, 0.717) is 28.3 Å². The molecule has 0 aliphatic rings. The summed E-state index contributed by atoms with van der Waals surface area (Å²) in [6.45, 7) is 5.72. The summed E-state index contributed by atoms with van der Waals surface area (Å²) in [5.41, 5.74) is 2.47. The van der Waals surface area contributed by atoms with Gasteiger partial charge < -0.3 is 4.42 Å². The molecular formula is C17H17ClN2O4S. The lowest BCUT2D eigenvalue weighted by Crippen LogP contribution is -2.15. The Labute approximate surface area is 150 Å². The molecule has 1 aromatic heterocycles. The maximum atomic E-state index is 12.8. The second kappa shape index (κ2) is 6.24. The topological polar surface area (TPSA) is 81.3 Å². The summed E-state index contributed by atoms with van der Waals surface area (Å²) in [4.78, 5) is 11.9. The number of rotatable bonds is 4. The molecule has 0 amide bonds. The summed E-state index contributed by atoms with van der Waals surface area (Å²) in [5.74, 6) is -0.509. The standard InChI is InChI=1S/C17H17ClN2O4S/c1-4-20-14-7-11(3)16(9-15(14)24-17(20)21)25(22,23)19-13-8-12(18)6-5-10(13)2/h5-9,19H,4H2,1-3H3. The smallest absolute Gasteiger partial charge is 0.408 e. The SMILES string of the molecule is CCn1c(=O)oc2cc(S(=O)(=O)Nc3cc(Cl)ccc3C)c(C)cc21. The van der Waals surface area contributed by atoms with Crippen molar-refractivity contribution in [1.82, 2.24) is 4.57 Å². The molecule has 1 heterocycles. The minimum absolute atomic E-state index is 0.0522. The Bertz CT molecular complexity index is 1130. The van der Waals surface area contributed by atoms with E-state index in [4.69, 9.17) is 16.0 Å². The fraction of sp³-hybridized carbons (Fsp3) is 0.235. The Morgan fingerprint density at radius 3 is 2.56 bits per heavy atom. The molecule has 0 radical (unpaired) electrons.